The van der Waals surface area contributed by atoms with Gasteiger partial charge in [-0.15, -0.1) is 0 Å². The van der Waals surface area contributed by atoms with Crippen molar-refractivity contribution in [1.29, 1.82) is 0 Å². The number of rotatable bonds is 3. The van der Waals surface area contributed by atoms with E-state index in [1.165, 1.54) is 0 Å². The molecule has 1 aromatic carbocycles. The van der Waals surface area contributed by atoms with Crippen molar-refractivity contribution in [1.82, 2.24) is 0 Å². The van der Waals surface area contributed by atoms with Crippen LogP contribution in [-0.4, -0.2) is 11.7 Å². The highest BCUT2D eigenvalue weighted by atomic mass is 79.9. The van der Waals surface area contributed by atoms with Gasteiger partial charge in [-0.05, 0) is 47.5 Å². The van der Waals surface area contributed by atoms with E-state index in [4.69, 9.17) is 4.74 Å². The van der Waals surface area contributed by atoms with Crippen LogP contribution >= 0.6 is 15.9 Å². The molecule has 0 saturated heterocycles. The first-order chi connectivity index (χ1) is 6.15. The molecule has 1 aromatic rings. The highest BCUT2D eigenvalue weighted by Gasteiger charge is 2.05. The molecule has 1 atom stereocenters. The zero-order valence-electron chi connectivity index (χ0n) is 7.75. The maximum Gasteiger partial charge on any atom is 0.133 e. The SMILES string of the molecule is CCOc1ccc(C(C)O)cc1Br. The Labute approximate surface area is 86.7 Å². The van der Waals surface area contributed by atoms with Crippen LogP contribution in [0.2, 0.25) is 0 Å². The van der Waals surface area contributed by atoms with Gasteiger partial charge in [0.05, 0.1) is 17.2 Å². The molecule has 0 saturated carbocycles. The molecule has 1 unspecified atom stereocenters. The van der Waals surface area contributed by atoms with Crippen LogP contribution in [0.15, 0.2) is 22.7 Å². The number of aliphatic hydroxyl groups excluding tert-OH is 1. The van der Waals surface area contributed by atoms with Crippen LogP contribution in [0, 0.1) is 0 Å². The van der Waals surface area contributed by atoms with Gasteiger partial charge in [-0.3, -0.25) is 0 Å². The molecule has 0 fully saturated rings. The molecule has 1 N–H and O–H groups in total. The predicted octanol–water partition coefficient (Wildman–Crippen LogP) is 2.90. The number of aliphatic hydroxyl groups is 1. The Morgan fingerprint density at radius 2 is 2.23 bits per heavy atom. The lowest BCUT2D eigenvalue weighted by Crippen LogP contribution is -1.95. The van der Waals surface area contributed by atoms with E-state index >= 15 is 0 Å². The number of hydrogen-bond acceptors (Lipinski definition) is 2. The summed E-state index contributed by atoms with van der Waals surface area (Å²) in [5.41, 5.74) is 0.885. The van der Waals surface area contributed by atoms with Crippen molar-refractivity contribution in [2.45, 2.75) is 20.0 Å². The summed E-state index contributed by atoms with van der Waals surface area (Å²) in [5, 5.41) is 9.31. The van der Waals surface area contributed by atoms with Crippen LogP contribution in [0.5, 0.6) is 5.75 Å². The van der Waals surface area contributed by atoms with Gasteiger partial charge < -0.3 is 9.84 Å². The molecular weight excluding hydrogens is 232 g/mol. The fourth-order valence-corrected chi connectivity index (χ4v) is 1.56. The van der Waals surface area contributed by atoms with E-state index in [9.17, 15) is 5.11 Å². The largest absolute Gasteiger partial charge is 0.493 e. The average Bonchev–Trinajstić information content (AvgIpc) is 2.08. The summed E-state index contributed by atoms with van der Waals surface area (Å²) in [6.45, 7) is 4.32. The van der Waals surface area contributed by atoms with E-state index in [2.05, 4.69) is 15.9 Å². The first kappa shape index (κ1) is 10.5. The molecule has 0 radical (unpaired) electrons. The fourth-order valence-electron chi connectivity index (χ4n) is 1.05. The minimum atomic E-state index is -0.438. The summed E-state index contributed by atoms with van der Waals surface area (Å²) in [7, 11) is 0. The highest BCUT2D eigenvalue weighted by Crippen LogP contribution is 2.28. The second-order valence-corrected chi connectivity index (χ2v) is 3.65. The Morgan fingerprint density at radius 1 is 1.54 bits per heavy atom. The van der Waals surface area contributed by atoms with Crippen molar-refractivity contribution in [2.24, 2.45) is 0 Å². The molecule has 0 aliphatic carbocycles. The van der Waals surface area contributed by atoms with Crippen LogP contribution in [0.1, 0.15) is 25.5 Å². The molecule has 2 nitrogen and oxygen atoms in total. The second kappa shape index (κ2) is 4.63. The minimum Gasteiger partial charge on any atom is -0.493 e. The maximum absolute atomic E-state index is 9.31. The first-order valence-corrected chi connectivity index (χ1v) is 5.04. The quantitative estimate of drug-likeness (QED) is 0.887. The lowest BCUT2D eigenvalue weighted by atomic mass is 10.1. The second-order valence-electron chi connectivity index (χ2n) is 2.80. The Bertz CT molecular complexity index is 284. The van der Waals surface area contributed by atoms with Gasteiger partial charge in [0, 0.05) is 0 Å². The van der Waals surface area contributed by atoms with Crippen LogP contribution in [0.25, 0.3) is 0 Å². The third-order valence-electron chi connectivity index (χ3n) is 1.74. The van der Waals surface area contributed by atoms with Gasteiger partial charge in [0.15, 0.2) is 0 Å². The maximum atomic E-state index is 9.31. The summed E-state index contributed by atoms with van der Waals surface area (Å²) in [5.74, 6) is 0.812. The number of hydrogen-bond donors (Lipinski definition) is 1. The van der Waals surface area contributed by atoms with Gasteiger partial charge in [0.2, 0.25) is 0 Å². The normalized spacial score (nSPS) is 12.6. The lowest BCUT2D eigenvalue weighted by Gasteiger charge is -2.09. The molecule has 0 spiro atoms. The van der Waals surface area contributed by atoms with Crippen LogP contribution in [-0.2, 0) is 0 Å². The first-order valence-electron chi connectivity index (χ1n) is 4.25. The fraction of sp³-hybridized carbons (Fsp3) is 0.400. The van der Waals surface area contributed by atoms with E-state index in [-0.39, 0.29) is 0 Å². The Balaban J connectivity index is 2.92. The van der Waals surface area contributed by atoms with Gasteiger partial charge in [-0.25, -0.2) is 0 Å². The highest BCUT2D eigenvalue weighted by molar-refractivity contribution is 9.10. The number of benzene rings is 1. The molecule has 72 valence electrons. The van der Waals surface area contributed by atoms with Gasteiger partial charge in [0.1, 0.15) is 5.75 Å². The Hall–Kier alpha value is -0.540. The smallest absolute Gasteiger partial charge is 0.133 e. The van der Waals surface area contributed by atoms with Gasteiger partial charge >= 0.3 is 0 Å². The predicted molar refractivity (Wildman–Crippen MR) is 55.9 cm³/mol. The summed E-state index contributed by atoms with van der Waals surface area (Å²) in [6, 6.07) is 5.59. The summed E-state index contributed by atoms with van der Waals surface area (Å²) < 4.78 is 6.23. The van der Waals surface area contributed by atoms with Crippen molar-refractivity contribution < 1.29 is 9.84 Å². The molecular formula is C10H13BrO2. The van der Waals surface area contributed by atoms with Gasteiger partial charge in [-0.1, -0.05) is 6.07 Å². The van der Waals surface area contributed by atoms with Gasteiger partial charge in [-0.2, -0.15) is 0 Å². The zero-order chi connectivity index (χ0) is 9.84. The van der Waals surface area contributed by atoms with Crippen molar-refractivity contribution in [3.63, 3.8) is 0 Å². The van der Waals surface area contributed by atoms with Gasteiger partial charge in [0.25, 0.3) is 0 Å². The minimum absolute atomic E-state index is 0.438. The van der Waals surface area contributed by atoms with E-state index < -0.39 is 6.10 Å². The summed E-state index contributed by atoms with van der Waals surface area (Å²) in [4.78, 5) is 0. The molecule has 0 amide bonds. The van der Waals surface area contributed by atoms with E-state index in [1.807, 2.05) is 25.1 Å². The Morgan fingerprint density at radius 3 is 2.69 bits per heavy atom. The van der Waals surface area contributed by atoms with E-state index in [0.29, 0.717) is 6.61 Å². The van der Waals surface area contributed by atoms with E-state index in [0.717, 1.165) is 15.8 Å². The van der Waals surface area contributed by atoms with Crippen molar-refractivity contribution in [2.75, 3.05) is 6.61 Å². The molecule has 3 heteroatoms. The third-order valence-corrected chi connectivity index (χ3v) is 2.36. The summed E-state index contributed by atoms with van der Waals surface area (Å²) in [6.07, 6.45) is -0.438. The average molecular weight is 245 g/mol. The number of ether oxygens (including phenoxy) is 1. The van der Waals surface area contributed by atoms with E-state index in [1.54, 1.807) is 6.92 Å². The number of halogens is 1. The molecule has 0 aromatic heterocycles. The molecule has 13 heavy (non-hydrogen) atoms. The topological polar surface area (TPSA) is 29.5 Å². The molecule has 0 bridgehead atoms. The monoisotopic (exact) mass is 244 g/mol. The van der Waals surface area contributed by atoms with Crippen LogP contribution < -0.4 is 4.74 Å². The third kappa shape index (κ3) is 2.71. The van der Waals surface area contributed by atoms with Crippen LogP contribution in [0.3, 0.4) is 0 Å². The Kier molecular flexibility index (Phi) is 3.75. The molecule has 0 aliphatic heterocycles. The standard InChI is InChI=1S/C10H13BrO2/c1-3-13-10-5-4-8(7(2)12)6-9(10)11/h4-7,12H,3H2,1-2H3. The van der Waals surface area contributed by atoms with Crippen molar-refractivity contribution >= 4 is 15.9 Å². The van der Waals surface area contributed by atoms with Crippen molar-refractivity contribution in [3.8, 4) is 5.75 Å². The van der Waals surface area contributed by atoms with Crippen molar-refractivity contribution in [3.05, 3.63) is 28.2 Å². The summed E-state index contributed by atoms with van der Waals surface area (Å²) >= 11 is 3.38. The molecule has 0 heterocycles. The zero-order valence-corrected chi connectivity index (χ0v) is 9.34. The molecule has 1 rings (SSSR count). The lowest BCUT2D eigenvalue weighted by molar-refractivity contribution is 0.199. The molecule has 0 aliphatic rings. The van der Waals surface area contributed by atoms with Crippen LogP contribution in [0.4, 0.5) is 0 Å².